The Hall–Kier alpha value is -2.80. The molecule has 0 unspecified atom stereocenters. The Balaban J connectivity index is 2.01. The quantitative estimate of drug-likeness (QED) is 0.581. The number of hydrogen-bond acceptors (Lipinski definition) is 1. The molecule has 0 saturated heterocycles. The van der Waals surface area contributed by atoms with Gasteiger partial charge in [0.1, 0.15) is 0 Å². The van der Waals surface area contributed by atoms with Crippen molar-refractivity contribution in [1.82, 2.24) is 0 Å². The normalized spacial score (nSPS) is 15.2. The molecular formula is C24H23N. The largest absolute Gasteiger partial charge is 0.355 e. The Kier molecular flexibility index (Phi) is 3.73. The molecule has 3 aromatic carbocycles. The summed E-state index contributed by atoms with van der Waals surface area (Å²) in [6.45, 7) is 6.87. The fourth-order valence-corrected chi connectivity index (χ4v) is 3.91. The molecule has 0 spiro atoms. The SMILES string of the molecule is CC1=C(Nc2ccccc2)c2ccccc2C(C)(C)c2ccccc21. The van der Waals surface area contributed by atoms with Crippen LogP contribution in [0.4, 0.5) is 5.69 Å². The number of allylic oxidation sites excluding steroid dienone is 1. The minimum atomic E-state index is -0.0471. The van der Waals surface area contributed by atoms with Crippen LogP contribution < -0.4 is 5.32 Å². The predicted octanol–water partition coefficient (Wildman–Crippen LogP) is 6.33. The molecule has 0 bridgehead atoms. The smallest absolute Gasteiger partial charge is 0.0496 e. The molecule has 0 aromatic heterocycles. The summed E-state index contributed by atoms with van der Waals surface area (Å²) >= 11 is 0. The monoisotopic (exact) mass is 325 g/mol. The molecule has 0 amide bonds. The number of hydrogen-bond donors (Lipinski definition) is 1. The van der Waals surface area contributed by atoms with Crippen molar-refractivity contribution < 1.29 is 0 Å². The highest BCUT2D eigenvalue weighted by atomic mass is 14.9. The summed E-state index contributed by atoms with van der Waals surface area (Å²) in [7, 11) is 0. The lowest BCUT2D eigenvalue weighted by atomic mass is 9.75. The van der Waals surface area contributed by atoms with Crippen LogP contribution in [0.1, 0.15) is 43.0 Å². The zero-order valence-electron chi connectivity index (χ0n) is 15.0. The van der Waals surface area contributed by atoms with Gasteiger partial charge in [0.2, 0.25) is 0 Å². The second-order valence-electron chi connectivity index (χ2n) is 7.21. The lowest BCUT2D eigenvalue weighted by molar-refractivity contribution is 0.639. The van der Waals surface area contributed by atoms with Crippen LogP contribution in [0.25, 0.3) is 11.3 Å². The molecule has 3 aromatic rings. The molecule has 0 atom stereocenters. The van der Waals surface area contributed by atoms with Crippen molar-refractivity contribution in [3.8, 4) is 0 Å². The van der Waals surface area contributed by atoms with E-state index in [1.165, 1.54) is 33.5 Å². The van der Waals surface area contributed by atoms with E-state index in [-0.39, 0.29) is 5.41 Å². The van der Waals surface area contributed by atoms with Crippen molar-refractivity contribution in [1.29, 1.82) is 0 Å². The van der Waals surface area contributed by atoms with Crippen molar-refractivity contribution in [2.24, 2.45) is 0 Å². The molecule has 0 radical (unpaired) electrons. The molecular weight excluding hydrogens is 302 g/mol. The van der Waals surface area contributed by atoms with Crippen LogP contribution in [-0.2, 0) is 5.41 Å². The van der Waals surface area contributed by atoms with Gasteiger partial charge in [0, 0.05) is 22.4 Å². The molecule has 1 nitrogen and oxygen atoms in total. The maximum atomic E-state index is 3.69. The number of rotatable bonds is 2. The van der Waals surface area contributed by atoms with Crippen LogP contribution in [-0.4, -0.2) is 0 Å². The van der Waals surface area contributed by atoms with E-state index in [1.54, 1.807) is 0 Å². The molecule has 25 heavy (non-hydrogen) atoms. The van der Waals surface area contributed by atoms with Crippen LogP contribution >= 0.6 is 0 Å². The number of benzene rings is 3. The maximum absolute atomic E-state index is 3.69. The highest BCUT2D eigenvalue weighted by Crippen LogP contribution is 2.44. The van der Waals surface area contributed by atoms with Gasteiger partial charge in [0.05, 0.1) is 0 Å². The Morgan fingerprint density at radius 3 is 1.84 bits per heavy atom. The lowest BCUT2D eigenvalue weighted by Gasteiger charge is -2.28. The van der Waals surface area contributed by atoms with Crippen LogP contribution in [0.3, 0.4) is 0 Å². The molecule has 1 aliphatic carbocycles. The van der Waals surface area contributed by atoms with Crippen molar-refractivity contribution in [2.45, 2.75) is 26.2 Å². The van der Waals surface area contributed by atoms with Gasteiger partial charge < -0.3 is 5.32 Å². The van der Waals surface area contributed by atoms with E-state index in [1.807, 2.05) is 6.07 Å². The minimum Gasteiger partial charge on any atom is -0.355 e. The van der Waals surface area contributed by atoms with Crippen LogP contribution in [0.5, 0.6) is 0 Å². The van der Waals surface area contributed by atoms with Gasteiger partial charge in [0.25, 0.3) is 0 Å². The summed E-state index contributed by atoms with van der Waals surface area (Å²) in [5.41, 5.74) is 8.89. The third kappa shape index (κ3) is 2.56. The molecule has 1 aliphatic rings. The van der Waals surface area contributed by atoms with Crippen molar-refractivity contribution in [3.05, 3.63) is 101 Å². The maximum Gasteiger partial charge on any atom is 0.0496 e. The van der Waals surface area contributed by atoms with Crippen LogP contribution in [0, 0.1) is 0 Å². The Morgan fingerprint density at radius 1 is 0.640 bits per heavy atom. The van der Waals surface area contributed by atoms with Gasteiger partial charge in [-0.05, 0) is 41.3 Å². The molecule has 4 rings (SSSR count). The van der Waals surface area contributed by atoms with E-state index in [4.69, 9.17) is 0 Å². The average Bonchev–Trinajstić information content (AvgIpc) is 2.72. The summed E-state index contributed by atoms with van der Waals surface area (Å²) in [5, 5.41) is 3.69. The molecule has 0 aliphatic heterocycles. The summed E-state index contributed by atoms with van der Waals surface area (Å²) < 4.78 is 0. The lowest BCUT2D eigenvalue weighted by Crippen LogP contribution is -2.21. The van der Waals surface area contributed by atoms with Gasteiger partial charge >= 0.3 is 0 Å². The molecule has 1 heteroatoms. The number of fused-ring (bicyclic) bond motifs is 2. The third-order valence-electron chi connectivity index (χ3n) is 5.29. The predicted molar refractivity (Wildman–Crippen MR) is 108 cm³/mol. The molecule has 124 valence electrons. The molecule has 1 N–H and O–H groups in total. The van der Waals surface area contributed by atoms with Gasteiger partial charge in [-0.1, -0.05) is 80.6 Å². The zero-order chi connectivity index (χ0) is 17.4. The summed E-state index contributed by atoms with van der Waals surface area (Å²) in [4.78, 5) is 0. The standard InChI is InChI=1S/C24H23N/c1-17-19-13-7-9-15-21(19)24(2,3)22-16-10-8-14-20(22)23(17)25-18-11-5-4-6-12-18/h4-16,25H,1-3H3. The fraction of sp³-hybridized carbons (Fsp3) is 0.167. The Labute approximate surface area is 150 Å². The first-order valence-corrected chi connectivity index (χ1v) is 8.82. The molecule has 0 saturated carbocycles. The van der Waals surface area contributed by atoms with Crippen LogP contribution in [0.15, 0.2) is 78.9 Å². The van der Waals surface area contributed by atoms with E-state index < -0.39 is 0 Å². The Morgan fingerprint density at radius 2 is 1.16 bits per heavy atom. The van der Waals surface area contributed by atoms with E-state index in [0.29, 0.717) is 0 Å². The topological polar surface area (TPSA) is 12.0 Å². The average molecular weight is 325 g/mol. The van der Waals surface area contributed by atoms with E-state index >= 15 is 0 Å². The van der Waals surface area contributed by atoms with Crippen molar-refractivity contribution in [2.75, 3.05) is 5.32 Å². The zero-order valence-corrected chi connectivity index (χ0v) is 15.0. The first kappa shape index (κ1) is 15.7. The number of nitrogens with one attached hydrogen (secondary N) is 1. The van der Waals surface area contributed by atoms with Gasteiger partial charge in [-0.25, -0.2) is 0 Å². The van der Waals surface area contributed by atoms with Crippen molar-refractivity contribution >= 4 is 17.0 Å². The number of anilines is 1. The summed E-state index contributed by atoms with van der Waals surface area (Å²) in [6.07, 6.45) is 0. The van der Waals surface area contributed by atoms with E-state index in [0.717, 1.165) is 5.69 Å². The first-order valence-electron chi connectivity index (χ1n) is 8.82. The fourth-order valence-electron chi connectivity index (χ4n) is 3.91. The second-order valence-corrected chi connectivity index (χ2v) is 7.21. The summed E-state index contributed by atoms with van der Waals surface area (Å²) in [5.74, 6) is 0. The van der Waals surface area contributed by atoms with Crippen LogP contribution in [0.2, 0.25) is 0 Å². The molecule has 0 fully saturated rings. The Bertz CT molecular complexity index is 949. The first-order chi connectivity index (χ1) is 12.1. The second kappa shape index (κ2) is 5.93. The highest BCUT2D eigenvalue weighted by molar-refractivity contribution is 5.98. The minimum absolute atomic E-state index is 0.0471. The van der Waals surface area contributed by atoms with E-state index in [2.05, 4.69) is 98.9 Å². The highest BCUT2D eigenvalue weighted by Gasteiger charge is 2.32. The third-order valence-corrected chi connectivity index (χ3v) is 5.29. The van der Waals surface area contributed by atoms with Gasteiger partial charge in [-0.2, -0.15) is 0 Å². The van der Waals surface area contributed by atoms with Gasteiger partial charge in [0.15, 0.2) is 0 Å². The van der Waals surface area contributed by atoms with Crippen molar-refractivity contribution in [3.63, 3.8) is 0 Å². The number of para-hydroxylation sites is 1. The summed E-state index contributed by atoms with van der Waals surface area (Å²) in [6, 6.07) is 28.0. The van der Waals surface area contributed by atoms with E-state index in [9.17, 15) is 0 Å². The molecule has 0 heterocycles. The van der Waals surface area contributed by atoms with Gasteiger partial charge in [-0.3, -0.25) is 0 Å². The van der Waals surface area contributed by atoms with Gasteiger partial charge in [-0.15, -0.1) is 0 Å².